The number of nitrogens with zero attached hydrogens (tertiary/aromatic N) is 5. The molecule has 0 aliphatic carbocycles. The normalized spacial score (nSPS) is 13.0. The molecular formula is C28H27F6N7O7. The van der Waals surface area contributed by atoms with Crippen molar-refractivity contribution in [1.29, 1.82) is 0 Å². The van der Waals surface area contributed by atoms with Crippen LogP contribution in [0.4, 0.5) is 49.4 Å². The zero-order valence-electron chi connectivity index (χ0n) is 24.9. The lowest BCUT2D eigenvalue weighted by atomic mass is 10.1. The van der Waals surface area contributed by atoms with Crippen molar-refractivity contribution in [3.8, 4) is 11.3 Å². The Morgan fingerprint density at radius 1 is 0.854 bits per heavy atom. The largest absolute Gasteiger partial charge is 0.490 e. The number of nitrogens with one attached hydrogen (secondary N) is 2. The number of ether oxygens (including phenoxy) is 1. The van der Waals surface area contributed by atoms with Crippen LogP contribution in [-0.2, 0) is 21.4 Å². The molecule has 258 valence electrons. The number of alkyl halides is 6. The van der Waals surface area contributed by atoms with E-state index >= 15 is 0 Å². The van der Waals surface area contributed by atoms with Crippen LogP contribution in [0.3, 0.4) is 0 Å². The monoisotopic (exact) mass is 687 g/mol. The van der Waals surface area contributed by atoms with Crippen molar-refractivity contribution in [1.82, 2.24) is 19.5 Å². The first kappa shape index (κ1) is 36.8. The maximum Gasteiger partial charge on any atom is 0.490 e. The predicted octanol–water partition coefficient (Wildman–Crippen LogP) is 4.62. The molecule has 0 unspecified atom stereocenters. The summed E-state index contributed by atoms with van der Waals surface area (Å²) in [6.07, 6.45) is -8.45. The number of carbonyl (C=O) groups is 3. The lowest BCUT2D eigenvalue weighted by molar-refractivity contribution is -0.193. The van der Waals surface area contributed by atoms with Crippen molar-refractivity contribution in [3.05, 3.63) is 54.5 Å². The highest BCUT2D eigenvalue weighted by Crippen LogP contribution is 2.33. The Bertz CT molecular complexity index is 1730. The number of halogens is 6. The van der Waals surface area contributed by atoms with Gasteiger partial charge in [-0.3, -0.25) is 0 Å². The van der Waals surface area contributed by atoms with Crippen LogP contribution in [0.1, 0.15) is 10.5 Å². The second-order valence-corrected chi connectivity index (χ2v) is 9.58. The summed E-state index contributed by atoms with van der Waals surface area (Å²) in [5, 5.41) is 30.3. The molecule has 0 spiro atoms. The second kappa shape index (κ2) is 15.3. The lowest BCUT2D eigenvalue weighted by Gasteiger charge is -2.28. The Morgan fingerprint density at radius 2 is 1.42 bits per heavy atom. The van der Waals surface area contributed by atoms with Crippen molar-refractivity contribution < 1.29 is 60.8 Å². The minimum absolute atomic E-state index is 0.160. The zero-order chi connectivity index (χ0) is 35.8. The molecule has 2 aromatic carbocycles. The van der Waals surface area contributed by atoms with Crippen molar-refractivity contribution >= 4 is 52.0 Å². The number of fused-ring (bicyclic) bond motifs is 1. The second-order valence-electron chi connectivity index (χ2n) is 9.58. The highest BCUT2D eigenvalue weighted by atomic mass is 19.4. The first-order valence-corrected chi connectivity index (χ1v) is 13.5. The molecule has 0 amide bonds. The van der Waals surface area contributed by atoms with Crippen LogP contribution in [0, 0.1) is 0 Å². The SMILES string of the molecule is CNc1nc(Nc2ccc(N3CCOCC3)cc2)c(C(=O)O)nc1-c1cccc2c1ncn2C.O=C(O)C(F)(F)F.O=C(O)C(F)(F)F. The number of anilines is 4. The molecular weight excluding hydrogens is 660 g/mol. The van der Waals surface area contributed by atoms with Gasteiger partial charge in [-0.05, 0) is 30.3 Å². The van der Waals surface area contributed by atoms with E-state index < -0.39 is 30.3 Å². The molecule has 1 fully saturated rings. The van der Waals surface area contributed by atoms with Gasteiger partial charge in [0.05, 0.1) is 30.6 Å². The van der Waals surface area contributed by atoms with E-state index in [2.05, 4.69) is 30.5 Å². The standard InChI is InChI=1S/C24H25N7O3.2C2HF3O2/c1-25-22-20(17-4-3-5-18-19(17)26-14-30(18)2)28-21(24(32)33)23(29-22)27-15-6-8-16(9-7-15)31-10-12-34-13-11-31;2*3-2(4,5)1(6)7/h3-9,14H,10-13H2,1-2H3,(H,32,33)(H2,25,27,29);2*(H,6,7). The lowest BCUT2D eigenvalue weighted by Crippen LogP contribution is -2.36. The first-order valence-electron chi connectivity index (χ1n) is 13.5. The smallest absolute Gasteiger partial charge is 0.476 e. The highest BCUT2D eigenvalue weighted by Gasteiger charge is 2.39. The van der Waals surface area contributed by atoms with Crippen molar-refractivity contribution in [2.75, 3.05) is 48.9 Å². The molecule has 1 saturated heterocycles. The fourth-order valence-electron chi connectivity index (χ4n) is 4.10. The maximum absolute atomic E-state index is 12.1. The third-order valence-electron chi connectivity index (χ3n) is 6.34. The molecule has 0 bridgehead atoms. The number of benzene rings is 2. The summed E-state index contributed by atoms with van der Waals surface area (Å²) >= 11 is 0. The average molecular weight is 688 g/mol. The number of imidazole rings is 1. The number of hydrogen-bond acceptors (Lipinski definition) is 10. The number of carboxylic acid groups (broad SMARTS) is 3. The maximum atomic E-state index is 12.1. The number of hydrogen-bond donors (Lipinski definition) is 5. The van der Waals surface area contributed by atoms with Gasteiger partial charge in [0.2, 0.25) is 0 Å². The van der Waals surface area contributed by atoms with E-state index in [1.807, 2.05) is 54.1 Å². The highest BCUT2D eigenvalue weighted by molar-refractivity contribution is 5.97. The van der Waals surface area contributed by atoms with E-state index in [1.54, 1.807) is 13.4 Å². The van der Waals surface area contributed by atoms with Gasteiger partial charge in [-0.25, -0.2) is 29.3 Å². The van der Waals surface area contributed by atoms with Gasteiger partial charge in [0.25, 0.3) is 0 Å². The number of aromatic carboxylic acids is 1. The number of carboxylic acids is 3. The molecule has 5 rings (SSSR count). The molecule has 14 nitrogen and oxygen atoms in total. The van der Waals surface area contributed by atoms with Crippen molar-refractivity contribution in [2.45, 2.75) is 12.4 Å². The molecule has 1 aliphatic rings. The van der Waals surface area contributed by atoms with E-state index in [9.17, 15) is 36.2 Å². The molecule has 4 aromatic rings. The van der Waals surface area contributed by atoms with Crippen molar-refractivity contribution in [3.63, 3.8) is 0 Å². The fraction of sp³-hybridized carbons (Fsp3) is 0.286. The summed E-state index contributed by atoms with van der Waals surface area (Å²) in [6.45, 7) is 3.11. The Balaban J connectivity index is 0.000000376. The third kappa shape index (κ3) is 9.44. The number of aromatic nitrogens is 4. The summed E-state index contributed by atoms with van der Waals surface area (Å²) in [5.74, 6) is -6.07. The molecule has 0 saturated carbocycles. The Hall–Kier alpha value is -5.66. The minimum Gasteiger partial charge on any atom is -0.476 e. The van der Waals surface area contributed by atoms with Gasteiger partial charge < -0.3 is 40.2 Å². The number of aryl methyl sites for hydroxylation is 1. The number of morpholine rings is 1. The van der Waals surface area contributed by atoms with Crippen LogP contribution >= 0.6 is 0 Å². The molecule has 2 aromatic heterocycles. The third-order valence-corrected chi connectivity index (χ3v) is 6.34. The Labute approximate surface area is 266 Å². The van der Waals surface area contributed by atoms with E-state index in [4.69, 9.17) is 24.5 Å². The topological polar surface area (TPSA) is 192 Å². The summed E-state index contributed by atoms with van der Waals surface area (Å²) in [6, 6.07) is 13.5. The first-order chi connectivity index (χ1) is 22.4. The van der Waals surface area contributed by atoms with Gasteiger partial charge in [0.15, 0.2) is 17.3 Å². The van der Waals surface area contributed by atoms with Gasteiger partial charge in [-0.1, -0.05) is 12.1 Å². The average Bonchev–Trinajstić information content (AvgIpc) is 3.42. The molecule has 48 heavy (non-hydrogen) atoms. The van der Waals surface area contributed by atoms with Gasteiger partial charge in [0, 0.05) is 44.1 Å². The predicted molar refractivity (Wildman–Crippen MR) is 158 cm³/mol. The molecule has 1 aliphatic heterocycles. The number of para-hydroxylation sites is 1. The Kier molecular flexibility index (Phi) is 11.7. The number of rotatable bonds is 6. The summed E-state index contributed by atoms with van der Waals surface area (Å²) in [4.78, 5) is 45.7. The van der Waals surface area contributed by atoms with E-state index in [0.717, 1.165) is 35.5 Å². The summed E-state index contributed by atoms with van der Waals surface area (Å²) < 4.78 is 70.8. The molecule has 0 radical (unpaired) electrons. The van der Waals surface area contributed by atoms with Crippen LogP contribution in [0.25, 0.3) is 22.3 Å². The molecule has 0 atom stereocenters. The van der Waals surface area contributed by atoms with E-state index in [1.165, 1.54) is 0 Å². The van der Waals surface area contributed by atoms with Crippen LogP contribution in [0.5, 0.6) is 0 Å². The molecule has 3 heterocycles. The van der Waals surface area contributed by atoms with Crippen LogP contribution in [-0.4, -0.2) is 98.5 Å². The minimum atomic E-state index is -5.08. The zero-order valence-corrected chi connectivity index (χ0v) is 24.9. The Morgan fingerprint density at radius 3 is 1.92 bits per heavy atom. The quantitative estimate of drug-likeness (QED) is 0.177. The molecule has 20 heteroatoms. The van der Waals surface area contributed by atoms with Crippen LogP contribution in [0.2, 0.25) is 0 Å². The van der Waals surface area contributed by atoms with Crippen molar-refractivity contribution in [2.24, 2.45) is 7.05 Å². The number of aliphatic carboxylic acids is 2. The van der Waals surface area contributed by atoms with Gasteiger partial charge in [-0.2, -0.15) is 26.3 Å². The van der Waals surface area contributed by atoms with Gasteiger partial charge >= 0.3 is 30.3 Å². The van der Waals surface area contributed by atoms with E-state index in [-0.39, 0.29) is 11.5 Å². The van der Waals surface area contributed by atoms with Crippen LogP contribution in [0.15, 0.2) is 48.8 Å². The van der Waals surface area contributed by atoms with E-state index in [0.29, 0.717) is 30.3 Å². The molecule has 5 N–H and O–H groups in total. The van der Waals surface area contributed by atoms with Gasteiger partial charge in [0.1, 0.15) is 5.69 Å². The fourth-order valence-corrected chi connectivity index (χ4v) is 4.10. The summed E-state index contributed by atoms with van der Waals surface area (Å²) in [7, 11) is 3.64. The van der Waals surface area contributed by atoms with Gasteiger partial charge in [-0.15, -0.1) is 0 Å². The van der Waals surface area contributed by atoms with Crippen LogP contribution < -0.4 is 15.5 Å². The summed E-state index contributed by atoms with van der Waals surface area (Å²) in [5.41, 5.74) is 4.42.